The smallest absolute Gasteiger partial charge is 0.438 e. The van der Waals surface area contributed by atoms with Gasteiger partial charge in [-0.15, -0.1) is 0 Å². The number of benzene rings is 2. The highest BCUT2D eigenvalue weighted by Crippen LogP contribution is 2.47. The predicted octanol–water partition coefficient (Wildman–Crippen LogP) is 5.77. The molecule has 2 heterocycles. The van der Waals surface area contributed by atoms with Gasteiger partial charge in [0, 0.05) is 11.3 Å². The first-order valence-corrected chi connectivity index (χ1v) is 12.4. The van der Waals surface area contributed by atoms with E-state index in [1.165, 1.54) is 28.1 Å². The van der Waals surface area contributed by atoms with E-state index in [1.807, 2.05) is 12.1 Å². The maximum atomic E-state index is 12.9. The van der Waals surface area contributed by atoms with Crippen molar-refractivity contribution in [1.82, 2.24) is 4.98 Å². The molecule has 164 valence electrons. The number of thioether (sulfide) groups is 1. The number of rotatable bonds is 5. The molecule has 5 rings (SSSR count). The molecule has 31 heavy (non-hydrogen) atoms. The van der Waals surface area contributed by atoms with Gasteiger partial charge in [0.1, 0.15) is 11.6 Å². The summed E-state index contributed by atoms with van der Waals surface area (Å²) < 4.78 is 71.2. The molecular formula is C21H19F3N2O3S2. The van der Waals surface area contributed by atoms with E-state index in [0.717, 1.165) is 18.4 Å². The second-order valence-corrected chi connectivity index (χ2v) is 11.1. The number of anilines is 1. The van der Waals surface area contributed by atoms with Crippen molar-refractivity contribution in [1.29, 1.82) is 0 Å². The van der Waals surface area contributed by atoms with E-state index < -0.39 is 21.6 Å². The van der Waals surface area contributed by atoms with Gasteiger partial charge in [-0.1, -0.05) is 12.1 Å². The summed E-state index contributed by atoms with van der Waals surface area (Å²) >= 11 is -0.222. The number of nitrogens with zero attached hydrogens (tertiary/aromatic N) is 2. The van der Waals surface area contributed by atoms with Crippen molar-refractivity contribution in [3.05, 3.63) is 53.4 Å². The standard InChI is InChI=1S/C21H19F3N2O3S2/c1-2-31(27,28)26-17-7-5-13(12-3-4-12)9-14(17)10-18(26)20-25-16-11-15(30-21(22,23)24)6-8-19(16)29-20/h5-9,11-12,18H,2-4,10H2,1H3. The van der Waals surface area contributed by atoms with Gasteiger partial charge in [-0.3, -0.25) is 4.31 Å². The van der Waals surface area contributed by atoms with Gasteiger partial charge >= 0.3 is 5.51 Å². The third kappa shape index (κ3) is 3.91. The minimum absolute atomic E-state index is 0.00155. The van der Waals surface area contributed by atoms with E-state index in [2.05, 4.69) is 11.1 Å². The summed E-state index contributed by atoms with van der Waals surface area (Å²) in [7, 11) is -3.62. The van der Waals surface area contributed by atoms with E-state index in [4.69, 9.17) is 4.42 Å². The van der Waals surface area contributed by atoms with Crippen molar-refractivity contribution in [3.8, 4) is 0 Å². The van der Waals surface area contributed by atoms with Crippen LogP contribution in [-0.2, 0) is 16.4 Å². The Morgan fingerprint density at radius 1 is 1.19 bits per heavy atom. The van der Waals surface area contributed by atoms with Crippen molar-refractivity contribution in [2.75, 3.05) is 10.1 Å². The van der Waals surface area contributed by atoms with E-state index in [9.17, 15) is 21.6 Å². The molecule has 3 aromatic rings. The summed E-state index contributed by atoms with van der Waals surface area (Å²) in [6.07, 6.45) is 2.69. The molecule has 0 N–H and O–H groups in total. The second kappa shape index (κ2) is 7.16. The number of alkyl halides is 3. The summed E-state index contributed by atoms with van der Waals surface area (Å²) in [5, 5.41) is 0. The second-order valence-electron chi connectivity index (χ2n) is 7.81. The number of halogens is 3. The largest absolute Gasteiger partial charge is 0.446 e. The molecule has 1 unspecified atom stereocenters. The quantitative estimate of drug-likeness (QED) is 0.445. The molecule has 10 heteroatoms. The third-order valence-corrected chi connectivity index (χ3v) is 8.15. The molecule has 1 atom stereocenters. The minimum Gasteiger partial charge on any atom is -0.438 e. The zero-order chi connectivity index (χ0) is 22.0. The molecule has 0 radical (unpaired) electrons. The molecule has 1 aromatic heterocycles. The molecule has 0 saturated heterocycles. The minimum atomic E-state index is -4.40. The first kappa shape index (κ1) is 20.7. The Morgan fingerprint density at radius 3 is 2.65 bits per heavy atom. The fraction of sp³-hybridized carbons (Fsp3) is 0.381. The van der Waals surface area contributed by atoms with Gasteiger partial charge < -0.3 is 4.42 Å². The van der Waals surface area contributed by atoms with E-state index in [0.29, 0.717) is 23.6 Å². The maximum Gasteiger partial charge on any atom is 0.446 e. The Labute approximate surface area is 181 Å². The van der Waals surface area contributed by atoms with Gasteiger partial charge in [0.2, 0.25) is 15.9 Å². The summed E-state index contributed by atoms with van der Waals surface area (Å²) in [5.41, 5.74) is -1.07. The molecule has 5 nitrogen and oxygen atoms in total. The monoisotopic (exact) mass is 468 g/mol. The molecule has 2 aromatic carbocycles. The first-order chi connectivity index (χ1) is 14.6. The highest BCUT2D eigenvalue weighted by atomic mass is 32.2. The Kier molecular flexibility index (Phi) is 4.78. The van der Waals surface area contributed by atoms with Crippen LogP contribution in [0.3, 0.4) is 0 Å². The van der Waals surface area contributed by atoms with Crippen LogP contribution >= 0.6 is 11.8 Å². The SMILES string of the molecule is CCS(=O)(=O)N1c2ccc(C3CC3)cc2CC1c1nc2cc(SC(F)(F)F)ccc2o1. The van der Waals surface area contributed by atoms with Crippen LogP contribution in [0.4, 0.5) is 18.9 Å². The van der Waals surface area contributed by atoms with Crippen LogP contribution in [-0.4, -0.2) is 24.7 Å². The van der Waals surface area contributed by atoms with Gasteiger partial charge in [0.05, 0.1) is 11.4 Å². The predicted molar refractivity (Wildman–Crippen MR) is 113 cm³/mol. The normalized spacial score (nSPS) is 19.2. The Bertz CT molecular complexity index is 1270. The highest BCUT2D eigenvalue weighted by Gasteiger charge is 2.41. The Hall–Kier alpha value is -2.20. The fourth-order valence-corrected chi connectivity index (χ4v) is 5.93. The van der Waals surface area contributed by atoms with Crippen LogP contribution in [0.15, 0.2) is 45.7 Å². The number of hydrogen-bond acceptors (Lipinski definition) is 5. The summed E-state index contributed by atoms with van der Waals surface area (Å²) in [6.45, 7) is 1.58. The number of oxazole rings is 1. The molecule has 2 aliphatic rings. The molecule has 1 fully saturated rings. The third-order valence-electron chi connectivity index (χ3n) is 5.64. The van der Waals surface area contributed by atoms with E-state index in [1.54, 1.807) is 6.92 Å². The Balaban J connectivity index is 1.55. The average molecular weight is 469 g/mol. The number of aromatic nitrogens is 1. The van der Waals surface area contributed by atoms with E-state index >= 15 is 0 Å². The average Bonchev–Trinajstić information content (AvgIpc) is 3.34. The summed E-state index contributed by atoms with van der Waals surface area (Å²) in [5.74, 6) is 0.639. The molecule has 0 amide bonds. The fourth-order valence-electron chi connectivity index (χ4n) is 4.05. The number of hydrogen-bond donors (Lipinski definition) is 0. The molecule has 0 spiro atoms. The number of sulfonamides is 1. The van der Waals surface area contributed by atoms with Crippen LogP contribution in [0.1, 0.15) is 48.7 Å². The van der Waals surface area contributed by atoms with Crippen molar-refractivity contribution in [2.45, 2.75) is 48.5 Å². The van der Waals surface area contributed by atoms with Gasteiger partial charge in [-0.2, -0.15) is 13.2 Å². The lowest BCUT2D eigenvalue weighted by atomic mass is 10.0. The molecule has 1 aliphatic carbocycles. The first-order valence-electron chi connectivity index (χ1n) is 9.96. The van der Waals surface area contributed by atoms with Gasteiger partial charge in [-0.05, 0) is 72.8 Å². The lowest BCUT2D eigenvalue weighted by Gasteiger charge is -2.24. The molecular weight excluding hydrogens is 449 g/mol. The zero-order valence-electron chi connectivity index (χ0n) is 16.5. The van der Waals surface area contributed by atoms with Gasteiger partial charge in [0.15, 0.2) is 5.58 Å². The van der Waals surface area contributed by atoms with Crippen LogP contribution in [0.25, 0.3) is 11.1 Å². The lowest BCUT2D eigenvalue weighted by molar-refractivity contribution is -0.0328. The Morgan fingerprint density at radius 2 is 1.97 bits per heavy atom. The summed E-state index contributed by atoms with van der Waals surface area (Å²) in [4.78, 5) is 4.38. The van der Waals surface area contributed by atoms with Crippen LogP contribution < -0.4 is 4.31 Å². The van der Waals surface area contributed by atoms with Gasteiger partial charge in [0.25, 0.3) is 0 Å². The lowest BCUT2D eigenvalue weighted by Crippen LogP contribution is -2.33. The van der Waals surface area contributed by atoms with Crippen molar-refractivity contribution in [2.24, 2.45) is 0 Å². The van der Waals surface area contributed by atoms with Crippen LogP contribution in [0, 0.1) is 0 Å². The van der Waals surface area contributed by atoms with Crippen molar-refractivity contribution < 1.29 is 26.0 Å². The van der Waals surface area contributed by atoms with Crippen molar-refractivity contribution >= 4 is 38.6 Å². The van der Waals surface area contributed by atoms with E-state index in [-0.39, 0.29) is 33.8 Å². The van der Waals surface area contributed by atoms with Crippen LogP contribution in [0.2, 0.25) is 0 Å². The zero-order valence-corrected chi connectivity index (χ0v) is 18.1. The van der Waals surface area contributed by atoms with Gasteiger partial charge in [-0.25, -0.2) is 13.4 Å². The van der Waals surface area contributed by atoms with Crippen molar-refractivity contribution in [3.63, 3.8) is 0 Å². The van der Waals surface area contributed by atoms with Crippen LogP contribution in [0.5, 0.6) is 0 Å². The molecule has 0 bridgehead atoms. The highest BCUT2D eigenvalue weighted by molar-refractivity contribution is 8.00. The maximum absolute atomic E-state index is 12.9. The number of fused-ring (bicyclic) bond motifs is 2. The molecule has 1 aliphatic heterocycles. The molecule has 1 saturated carbocycles. The topological polar surface area (TPSA) is 63.4 Å². The summed E-state index contributed by atoms with van der Waals surface area (Å²) in [6, 6.07) is 9.28.